The normalized spacial score (nSPS) is 24.8. The summed E-state index contributed by atoms with van der Waals surface area (Å²) in [4.78, 5) is 49.6. The summed E-state index contributed by atoms with van der Waals surface area (Å²) in [6, 6.07) is 8.47. The van der Waals surface area contributed by atoms with E-state index < -0.39 is 23.0 Å². The van der Waals surface area contributed by atoms with Crippen molar-refractivity contribution >= 4 is 29.3 Å². The smallest absolute Gasteiger partial charge is 0.256 e. The van der Waals surface area contributed by atoms with Gasteiger partial charge in [0.1, 0.15) is 11.6 Å². The zero-order valence-electron chi connectivity index (χ0n) is 22.2. The number of aliphatic hydroxyl groups is 1. The Balaban J connectivity index is 1.17. The Kier molecular flexibility index (Phi) is 6.47. The maximum Gasteiger partial charge on any atom is 0.256 e. The van der Waals surface area contributed by atoms with Crippen LogP contribution >= 0.6 is 11.6 Å². The zero-order valence-corrected chi connectivity index (χ0v) is 22.9. The molecule has 208 valence electrons. The Hall–Kier alpha value is -3.67. The topological polar surface area (TPSA) is 142 Å². The molecule has 40 heavy (non-hydrogen) atoms. The Morgan fingerprint density at radius 3 is 2.67 bits per heavy atom. The summed E-state index contributed by atoms with van der Waals surface area (Å²) in [6.07, 6.45) is 2.19. The molecule has 3 aliphatic rings. The third kappa shape index (κ3) is 4.47. The molecule has 5 heterocycles. The molecule has 0 bridgehead atoms. The van der Waals surface area contributed by atoms with Crippen molar-refractivity contribution in [1.29, 1.82) is 0 Å². The van der Waals surface area contributed by atoms with Crippen molar-refractivity contribution in [2.24, 2.45) is 5.41 Å². The molecule has 0 aliphatic carbocycles. The highest BCUT2D eigenvalue weighted by Gasteiger charge is 2.50. The third-order valence-electron chi connectivity index (χ3n) is 8.37. The first-order valence-electron chi connectivity index (χ1n) is 13.2. The van der Waals surface area contributed by atoms with Crippen LogP contribution in [0.3, 0.4) is 0 Å². The van der Waals surface area contributed by atoms with Crippen LogP contribution in [0.2, 0.25) is 5.02 Å². The molecular formula is C28H29ClN6O5. The van der Waals surface area contributed by atoms with Gasteiger partial charge < -0.3 is 14.5 Å². The third-order valence-corrected chi connectivity index (χ3v) is 8.68. The second-order valence-corrected chi connectivity index (χ2v) is 11.8. The highest BCUT2D eigenvalue weighted by molar-refractivity contribution is 6.33. The number of fused-ring (bicyclic) bond motifs is 1. The van der Waals surface area contributed by atoms with Gasteiger partial charge in [-0.25, -0.2) is 0 Å². The molecule has 1 aromatic carbocycles. The molecule has 2 N–H and O–H groups in total. The van der Waals surface area contributed by atoms with Gasteiger partial charge in [0, 0.05) is 37.0 Å². The van der Waals surface area contributed by atoms with Crippen LogP contribution < -0.4 is 5.32 Å². The number of benzene rings is 1. The van der Waals surface area contributed by atoms with Crippen LogP contribution in [0.5, 0.6) is 0 Å². The number of hydrogen-bond donors (Lipinski definition) is 2. The SMILES string of the molecule is CC1(C)CN(Cc2ccc(-c3ncon3)c(Cl)c2)CC[C@@]1(O)c1ccc2c(n1)CN([C@H]1CCC(=O)NC1=O)C2=O. The van der Waals surface area contributed by atoms with Crippen molar-refractivity contribution in [3.05, 3.63) is 64.3 Å². The Labute approximate surface area is 235 Å². The first kappa shape index (κ1) is 26.5. The van der Waals surface area contributed by atoms with Gasteiger partial charge in [0.05, 0.1) is 28.5 Å². The van der Waals surface area contributed by atoms with Crippen LogP contribution in [0.4, 0.5) is 0 Å². The lowest BCUT2D eigenvalue weighted by Gasteiger charge is -2.50. The number of pyridine rings is 1. The number of nitrogens with one attached hydrogen (secondary N) is 1. The van der Waals surface area contributed by atoms with Gasteiger partial charge in [-0.2, -0.15) is 4.98 Å². The summed E-state index contributed by atoms with van der Waals surface area (Å²) in [6.45, 7) is 6.08. The van der Waals surface area contributed by atoms with Crippen LogP contribution in [-0.2, 0) is 28.3 Å². The van der Waals surface area contributed by atoms with E-state index in [9.17, 15) is 19.5 Å². The molecule has 0 saturated carbocycles. The number of halogens is 1. The van der Waals surface area contributed by atoms with Gasteiger partial charge in [0.15, 0.2) is 0 Å². The molecule has 2 saturated heterocycles. The van der Waals surface area contributed by atoms with Gasteiger partial charge in [0.25, 0.3) is 5.91 Å². The van der Waals surface area contributed by atoms with Crippen molar-refractivity contribution in [3.63, 3.8) is 0 Å². The molecule has 2 aromatic heterocycles. The molecule has 6 rings (SSSR count). The van der Waals surface area contributed by atoms with E-state index in [-0.39, 0.29) is 31.2 Å². The van der Waals surface area contributed by atoms with Gasteiger partial charge in [-0.3, -0.25) is 29.6 Å². The molecule has 2 atom stereocenters. The molecule has 3 aromatic rings. The van der Waals surface area contributed by atoms with Crippen LogP contribution in [0, 0.1) is 5.41 Å². The number of likely N-dealkylation sites (tertiary alicyclic amines) is 1. The van der Waals surface area contributed by atoms with E-state index in [1.54, 1.807) is 12.1 Å². The quantitative estimate of drug-likeness (QED) is 0.447. The number of piperidine rings is 2. The fourth-order valence-electron chi connectivity index (χ4n) is 6.09. The predicted molar refractivity (Wildman–Crippen MR) is 143 cm³/mol. The van der Waals surface area contributed by atoms with Crippen molar-refractivity contribution in [3.8, 4) is 11.4 Å². The first-order valence-corrected chi connectivity index (χ1v) is 13.6. The highest BCUT2D eigenvalue weighted by Crippen LogP contribution is 2.46. The van der Waals surface area contributed by atoms with E-state index in [1.807, 2.05) is 32.0 Å². The van der Waals surface area contributed by atoms with E-state index >= 15 is 0 Å². The summed E-state index contributed by atoms with van der Waals surface area (Å²) in [5.74, 6) is -0.640. The van der Waals surface area contributed by atoms with E-state index in [4.69, 9.17) is 21.1 Å². The zero-order chi connectivity index (χ0) is 28.2. The number of nitrogens with zero attached hydrogens (tertiary/aromatic N) is 5. The number of hydrogen-bond acceptors (Lipinski definition) is 9. The van der Waals surface area contributed by atoms with Crippen molar-refractivity contribution < 1.29 is 24.0 Å². The minimum Gasteiger partial charge on any atom is -0.383 e. The standard InChI is InChI=1S/C28H29ClN6O5/c1-27(2)14-34(12-16-3-4-17(19(29)11-16)24-30-15-40-33-24)10-9-28(27,39)22-7-5-18-20(31-22)13-35(26(18)38)21-6-8-23(36)32-25(21)37/h3-5,7,11,15,21,39H,6,8-10,12-14H2,1-2H3,(H,32,36,37)/t21-,28+/m0/s1. The number of amides is 3. The second-order valence-electron chi connectivity index (χ2n) is 11.4. The number of rotatable bonds is 5. The maximum atomic E-state index is 13.1. The largest absolute Gasteiger partial charge is 0.383 e. The van der Waals surface area contributed by atoms with Gasteiger partial charge >= 0.3 is 0 Å². The van der Waals surface area contributed by atoms with E-state index in [0.717, 1.165) is 5.56 Å². The van der Waals surface area contributed by atoms with Crippen molar-refractivity contribution in [2.45, 2.75) is 57.8 Å². The Bertz CT molecular complexity index is 1510. The molecule has 0 spiro atoms. The van der Waals surface area contributed by atoms with Crippen LogP contribution in [0.1, 0.15) is 60.4 Å². The molecule has 0 radical (unpaired) electrons. The molecule has 3 amide bonds. The highest BCUT2D eigenvalue weighted by atomic mass is 35.5. The predicted octanol–water partition coefficient (Wildman–Crippen LogP) is 2.67. The second kappa shape index (κ2) is 9.76. The summed E-state index contributed by atoms with van der Waals surface area (Å²) in [5, 5.41) is 18.7. The van der Waals surface area contributed by atoms with E-state index in [2.05, 4.69) is 20.4 Å². The maximum absolute atomic E-state index is 13.1. The fourth-order valence-corrected chi connectivity index (χ4v) is 6.38. The lowest BCUT2D eigenvalue weighted by molar-refractivity contribution is -0.137. The molecule has 2 fully saturated rings. The summed E-state index contributed by atoms with van der Waals surface area (Å²) in [5.41, 5.74) is 1.42. The molecule has 12 heteroatoms. The van der Waals surface area contributed by atoms with Crippen LogP contribution in [0.25, 0.3) is 11.4 Å². The van der Waals surface area contributed by atoms with Crippen LogP contribution in [-0.4, -0.2) is 66.9 Å². The van der Waals surface area contributed by atoms with Gasteiger partial charge in [-0.15, -0.1) is 0 Å². The summed E-state index contributed by atoms with van der Waals surface area (Å²) in [7, 11) is 0. The molecular weight excluding hydrogens is 536 g/mol. The van der Waals surface area contributed by atoms with Crippen LogP contribution in [0.15, 0.2) is 41.2 Å². The number of carbonyl (C=O) groups is 3. The van der Waals surface area contributed by atoms with Gasteiger partial charge in [-0.05, 0) is 42.7 Å². The minimum atomic E-state index is -1.22. The number of carbonyl (C=O) groups excluding carboxylic acids is 3. The first-order chi connectivity index (χ1) is 19.1. The monoisotopic (exact) mass is 564 g/mol. The van der Waals surface area contributed by atoms with E-state index in [1.165, 1.54) is 11.3 Å². The minimum absolute atomic E-state index is 0.164. The molecule has 11 nitrogen and oxygen atoms in total. The lowest BCUT2D eigenvalue weighted by atomic mass is 9.68. The van der Waals surface area contributed by atoms with Gasteiger partial charge in [-0.1, -0.05) is 36.7 Å². The summed E-state index contributed by atoms with van der Waals surface area (Å²) >= 11 is 6.50. The average molecular weight is 565 g/mol. The molecule has 3 aliphatic heterocycles. The lowest BCUT2D eigenvalue weighted by Crippen LogP contribution is -2.55. The fraction of sp³-hybridized carbons (Fsp3) is 0.429. The number of aromatic nitrogens is 3. The van der Waals surface area contributed by atoms with Gasteiger partial charge in [0.2, 0.25) is 24.0 Å². The molecule has 0 unspecified atom stereocenters. The van der Waals surface area contributed by atoms with E-state index in [0.29, 0.717) is 59.4 Å². The Morgan fingerprint density at radius 2 is 1.98 bits per heavy atom. The van der Waals surface area contributed by atoms with Crippen molar-refractivity contribution in [1.82, 2.24) is 30.2 Å². The number of imide groups is 1. The summed E-state index contributed by atoms with van der Waals surface area (Å²) < 4.78 is 4.82. The average Bonchev–Trinajstić information content (AvgIpc) is 3.54. The van der Waals surface area contributed by atoms with Crippen molar-refractivity contribution in [2.75, 3.05) is 13.1 Å². The Morgan fingerprint density at radius 1 is 1.18 bits per heavy atom.